The summed E-state index contributed by atoms with van der Waals surface area (Å²) in [5.74, 6) is -0.381. The number of carbonyl (C=O) groups is 1. The largest absolute Gasteiger partial charge is 0.463 e. The van der Waals surface area contributed by atoms with Crippen molar-refractivity contribution in [2.24, 2.45) is 0 Å². The van der Waals surface area contributed by atoms with E-state index >= 15 is 0 Å². The van der Waals surface area contributed by atoms with Crippen molar-refractivity contribution < 1.29 is 14.6 Å². The minimum atomic E-state index is -0.381. The standard InChI is InChI=1S/C8H14O3/c1-2-8(10)11-7-5-3-4-6-9/h2,9H,1,3-7H2. The first-order valence-corrected chi connectivity index (χ1v) is 3.71. The summed E-state index contributed by atoms with van der Waals surface area (Å²) in [5.41, 5.74) is 0. The fourth-order valence-corrected chi connectivity index (χ4v) is 0.622. The summed E-state index contributed by atoms with van der Waals surface area (Å²) in [5, 5.41) is 8.40. The molecule has 0 spiro atoms. The predicted molar refractivity (Wildman–Crippen MR) is 42.1 cm³/mol. The van der Waals surface area contributed by atoms with Crippen LogP contribution in [0.3, 0.4) is 0 Å². The molecule has 0 amide bonds. The first kappa shape index (κ1) is 10.2. The van der Waals surface area contributed by atoms with Gasteiger partial charge >= 0.3 is 5.97 Å². The molecule has 0 atom stereocenters. The number of esters is 1. The summed E-state index contributed by atoms with van der Waals surface area (Å²) in [6.45, 7) is 3.89. The monoisotopic (exact) mass is 158 g/mol. The van der Waals surface area contributed by atoms with Gasteiger partial charge in [0, 0.05) is 12.7 Å². The Morgan fingerprint density at radius 2 is 2.18 bits per heavy atom. The lowest BCUT2D eigenvalue weighted by molar-refractivity contribution is -0.137. The van der Waals surface area contributed by atoms with E-state index in [1.54, 1.807) is 0 Å². The minimum absolute atomic E-state index is 0.204. The number of aliphatic hydroxyl groups is 1. The maximum absolute atomic E-state index is 10.5. The molecule has 0 saturated heterocycles. The smallest absolute Gasteiger partial charge is 0.330 e. The van der Waals surface area contributed by atoms with Crippen molar-refractivity contribution in [3.05, 3.63) is 12.7 Å². The number of hydrogen-bond acceptors (Lipinski definition) is 3. The molecule has 1 N–H and O–H groups in total. The fraction of sp³-hybridized carbons (Fsp3) is 0.625. The van der Waals surface area contributed by atoms with Gasteiger partial charge in [0.15, 0.2) is 0 Å². The molecule has 0 aromatic rings. The van der Waals surface area contributed by atoms with Gasteiger partial charge in [0.05, 0.1) is 6.61 Å². The molecule has 0 aromatic carbocycles. The first-order valence-electron chi connectivity index (χ1n) is 3.71. The van der Waals surface area contributed by atoms with Crippen LogP contribution in [0.2, 0.25) is 0 Å². The van der Waals surface area contributed by atoms with Crippen molar-refractivity contribution in [3.8, 4) is 0 Å². The Balaban J connectivity index is 3.01. The Kier molecular flexibility index (Phi) is 6.73. The maximum atomic E-state index is 10.5. The van der Waals surface area contributed by atoms with E-state index in [-0.39, 0.29) is 12.6 Å². The van der Waals surface area contributed by atoms with Crippen molar-refractivity contribution in [3.63, 3.8) is 0 Å². The van der Waals surface area contributed by atoms with Crippen molar-refractivity contribution in [1.29, 1.82) is 0 Å². The predicted octanol–water partition coefficient (Wildman–Crippen LogP) is 0.878. The molecule has 3 nitrogen and oxygen atoms in total. The summed E-state index contributed by atoms with van der Waals surface area (Å²) in [4.78, 5) is 10.5. The molecule has 64 valence electrons. The highest BCUT2D eigenvalue weighted by Crippen LogP contribution is 1.94. The van der Waals surface area contributed by atoms with Crippen molar-refractivity contribution in [2.45, 2.75) is 19.3 Å². The third-order valence-corrected chi connectivity index (χ3v) is 1.21. The average molecular weight is 158 g/mol. The summed E-state index contributed by atoms with van der Waals surface area (Å²) >= 11 is 0. The Morgan fingerprint density at radius 3 is 2.73 bits per heavy atom. The molecule has 0 saturated carbocycles. The van der Waals surface area contributed by atoms with E-state index in [0.29, 0.717) is 6.61 Å². The summed E-state index contributed by atoms with van der Waals surface area (Å²) in [7, 11) is 0. The van der Waals surface area contributed by atoms with Crippen LogP contribution in [0.25, 0.3) is 0 Å². The highest BCUT2D eigenvalue weighted by Gasteiger charge is 1.93. The highest BCUT2D eigenvalue weighted by atomic mass is 16.5. The van der Waals surface area contributed by atoms with Crippen LogP contribution in [-0.4, -0.2) is 24.3 Å². The van der Waals surface area contributed by atoms with Gasteiger partial charge in [-0.05, 0) is 19.3 Å². The van der Waals surface area contributed by atoms with Gasteiger partial charge in [-0.1, -0.05) is 6.58 Å². The second kappa shape index (κ2) is 7.28. The van der Waals surface area contributed by atoms with Gasteiger partial charge in [0.1, 0.15) is 0 Å². The molecule has 3 heteroatoms. The van der Waals surface area contributed by atoms with Crippen molar-refractivity contribution in [2.75, 3.05) is 13.2 Å². The highest BCUT2D eigenvalue weighted by molar-refractivity contribution is 5.81. The molecule has 0 aliphatic carbocycles. The number of aliphatic hydroxyl groups excluding tert-OH is 1. The molecule has 0 unspecified atom stereocenters. The summed E-state index contributed by atoms with van der Waals surface area (Å²) < 4.78 is 4.70. The van der Waals surface area contributed by atoms with Gasteiger partial charge in [-0.3, -0.25) is 0 Å². The van der Waals surface area contributed by atoms with Crippen LogP contribution in [-0.2, 0) is 9.53 Å². The van der Waals surface area contributed by atoms with E-state index < -0.39 is 0 Å². The Bertz CT molecular complexity index is 121. The van der Waals surface area contributed by atoms with Crippen LogP contribution in [0.5, 0.6) is 0 Å². The molecule has 11 heavy (non-hydrogen) atoms. The van der Waals surface area contributed by atoms with Crippen LogP contribution in [0.15, 0.2) is 12.7 Å². The Labute approximate surface area is 66.7 Å². The molecular weight excluding hydrogens is 144 g/mol. The summed E-state index contributed by atoms with van der Waals surface area (Å²) in [6.07, 6.45) is 3.61. The van der Waals surface area contributed by atoms with E-state index in [2.05, 4.69) is 6.58 Å². The lowest BCUT2D eigenvalue weighted by Gasteiger charge is -1.99. The van der Waals surface area contributed by atoms with Gasteiger partial charge in [-0.15, -0.1) is 0 Å². The average Bonchev–Trinajstić information content (AvgIpc) is 2.04. The molecule has 0 aromatic heterocycles. The zero-order valence-electron chi connectivity index (χ0n) is 6.58. The summed E-state index contributed by atoms with van der Waals surface area (Å²) in [6, 6.07) is 0. The molecule has 0 heterocycles. The van der Waals surface area contributed by atoms with Gasteiger partial charge in [0.25, 0.3) is 0 Å². The van der Waals surface area contributed by atoms with Crippen LogP contribution in [0.1, 0.15) is 19.3 Å². The lowest BCUT2D eigenvalue weighted by atomic mass is 10.2. The van der Waals surface area contributed by atoms with Gasteiger partial charge < -0.3 is 9.84 Å². The molecule has 0 fully saturated rings. The van der Waals surface area contributed by atoms with E-state index in [1.807, 2.05) is 0 Å². The molecule has 0 radical (unpaired) electrons. The molecule has 0 rings (SSSR count). The maximum Gasteiger partial charge on any atom is 0.330 e. The number of rotatable bonds is 6. The van der Waals surface area contributed by atoms with Crippen molar-refractivity contribution in [1.82, 2.24) is 0 Å². The SMILES string of the molecule is C=CC(=O)OCCCCCO. The third-order valence-electron chi connectivity index (χ3n) is 1.21. The Hall–Kier alpha value is -0.830. The normalized spacial score (nSPS) is 9.18. The molecule has 0 aliphatic rings. The second-order valence-electron chi connectivity index (χ2n) is 2.16. The van der Waals surface area contributed by atoms with E-state index in [1.165, 1.54) is 0 Å². The van der Waals surface area contributed by atoms with Gasteiger partial charge in [-0.2, -0.15) is 0 Å². The van der Waals surface area contributed by atoms with Crippen molar-refractivity contribution >= 4 is 5.97 Å². The number of unbranched alkanes of at least 4 members (excludes halogenated alkanes) is 2. The molecule has 0 bridgehead atoms. The third kappa shape index (κ3) is 7.06. The zero-order valence-corrected chi connectivity index (χ0v) is 6.58. The van der Waals surface area contributed by atoms with E-state index in [4.69, 9.17) is 9.84 Å². The number of hydrogen-bond donors (Lipinski definition) is 1. The minimum Gasteiger partial charge on any atom is -0.463 e. The molecule has 0 aliphatic heterocycles. The second-order valence-corrected chi connectivity index (χ2v) is 2.16. The lowest BCUT2D eigenvalue weighted by Crippen LogP contribution is -2.01. The topological polar surface area (TPSA) is 46.5 Å². The van der Waals surface area contributed by atoms with Gasteiger partial charge in [0.2, 0.25) is 0 Å². The molecular formula is C8H14O3. The zero-order chi connectivity index (χ0) is 8.53. The fourth-order valence-electron chi connectivity index (χ4n) is 0.622. The quantitative estimate of drug-likeness (QED) is 0.354. The Morgan fingerprint density at radius 1 is 1.45 bits per heavy atom. The van der Waals surface area contributed by atoms with Crippen LogP contribution < -0.4 is 0 Å². The van der Waals surface area contributed by atoms with E-state index in [0.717, 1.165) is 25.3 Å². The first-order chi connectivity index (χ1) is 5.31. The van der Waals surface area contributed by atoms with Crippen LogP contribution in [0, 0.1) is 0 Å². The van der Waals surface area contributed by atoms with Gasteiger partial charge in [-0.25, -0.2) is 4.79 Å². The number of ether oxygens (including phenoxy) is 1. The van der Waals surface area contributed by atoms with Crippen LogP contribution >= 0.6 is 0 Å². The van der Waals surface area contributed by atoms with E-state index in [9.17, 15) is 4.79 Å². The van der Waals surface area contributed by atoms with Crippen LogP contribution in [0.4, 0.5) is 0 Å². The number of carbonyl (C=O) groups excluding carboxylic acids is 1.